The van der Waals surface area contributed by atoms with E-state index in [-0.39, 0.29) is 34.7 Å². The Hall–Kier alpha value is -2.77. The fourth-order valence-corrected chi connectivity index (χ4v) is 4.62. The predicted molar refractivity (Wildman–Crippen MR) is 124 cm³/mol. The van der Waals surface area contributed by atoms with Crippen LogP contribution in [0.15, 0.2) is 48.5 Å². The number of halogens is 2. The molecule has 9 heteroatoms. The minimum absolute atomic E-state index is 0.0614. The number of nitrogens with one attached hydrogen (secondary N) is 1. The molecule has 7 nitrogen and oxygen atoms in total. The zero-order valence-electron chi connectivity index (χ0n) is 17.5. The smallest absolute Gasteiger partial charge is 0.256 e. The molecule has 2 aliphatic heterocycles. The molecule has 0 spiro atoms. The van der Waals surface area contributed by atoms with Crippen LogP contribution in [-0.4, -0.2) is 72.8 Å². The van der Waals surface area contributed by atoms with E-state index in [1.165, 1.54) is 11.0 Å². The van der Waals surface area contributed by atoms with Gasteiger partial charge in [-0.25, -0.2) is 0 Å². The standard InChI is InChI=1S/C23H24Cl2N4O3/c24-16-6-7-18(19(25)14-16)23(32)29-9-8-26-22(31)20(29)15-21(30)28-12-10-27(11-13-28)17-4-2-1-3-5-17/h1-7,14,20H,8-13,15H2,(H,26,31). The average Bonchev–Trinajstić information content (AvgIpc) is 2.80. The van der Waals surface area contributed by atoms with E-state index in [1.807, 2.05) is 18.2 Å². The van der Waals surface area contributed by atoms with E-state index in [2.05, 4.69) is 22.3 Å². The van der Waals surface area contributed by atoms with Gasteiger partial charge in [0.2, 0.25) is 11.8 Å². The molecule has 2 aliphatic rings. The summed E-state index contributed by atoms with van der Waals surface area (Å²) in [7, 11) is 0. The van der Waals surface area contributed by atoms with Crippen molar-refractivity contribution in [3.8, 4) is 0 Å². The van der Waals surface area contributed by atoms with Crippen molar-refractivity contribution < 1.29 is 14.4 Å². The number of para-hydroxylation sites is 1. The van der Waals surface area contributed by atoms with Gasteiger partial charge in [-0.3, -0.25) is 14.4 Å². The summed E-state index contributed by atoms with van der Waals surface area (Å²) in [6.45, 7) is 3.21. The molecule has 4 rings (SSSR count). The van der Waals surface area contributed by atoms with Crippen LogP contribution in [0.3, 0.4) is 0 Å². The predicted octanol–water partition coefficient (Wildman–Crippen LogP) is 2.67. The largest absolute Gasteiger partial charge is 0.368 e. The normalized spacial score (nSPS) is 19.0. The number of carbonyl (C=O) groups is 3. The number of piperazine rings is 2. The van der Waals surface area contributed by atoms with Crippen LogP contribution in [0.1, 0.15) is 16.8 Å². The number of hydrogen-bond donors (Lipinski definition) is 1. The molecule has 32 heavy (non-hydrogen) atoms. The van der Waals surface area contributed by atoms with Crippen LogP contribution < -0.4 is 10.2 Å². The molecule has 0 aromatic heterocycles. The van der Waals surface area contributed by atoms with Gasteiger partial charge in [0.15, 0.2) is 0 Å². The Morgan fingerprint density at radius 3 is 2.38 bits per heavy atom. The molecular weight excluding hydrogens is 451 g/mol. The number of rotatable bonds is 4. The zero-order valence-corrected chi connectivity index (χ0v) is 19.0. The quantitative estimate of drug-likeness (QED) is 0.738. The molecule has 0 radical (unpaired) electrons. The van der Waals surface area contributed by atoms with Crippen LogP contribution in [0.2, 0.25) is 10.0 Å². The van der Waals surface area contributed by atoms with E-state index in [1.54, 1.807) is 17.0 Å². The van der Waals surface area contributed by atoms with Gasteiger partial charge in [-0.1, -0.05) is 41.4 Å². The first-order chi connectivity index (χ1) is 15.4. The maximum atomic E-state index is 13.1. The summed E-state index contributed by atoms with van der Waals surface area (Å²) in [5.74, 6) is -0.848. The van der Waals surface area contributed by atoms with Gasteiger partial charge in [0, 0.05) is 50.0 Å². The van der Waals surface area contributed by atoms with Crippen LogP contribution in [0.25, 0.3) is 0 Å². The van der Waals surface area contributed by atoms with Crippen molar-refractivity contribution in [1.29, 1.82) is 0 Å². The molecule has 0 bridgehead atoms. The van der Waals surface area contributed by atoms with Crippen molar-refractivity contribution >= 4 is 46.6 Å². The number of anilines is 1. The van der Waals surface area contributed by atoms with E-state index < -0.39 is 6.04 Å². The van der Waals surface area contributed by atoms with E-state index >= 15 is 0 Å². The van der Waals surface area contributed by atoms with Crippen molar-refractivity contribution in [2.75, 3.05) is 44.2 Å². The maximum Gasteiger partial charge on any atom is 0.256 e. The van der Waals surface area contributed by atoms with Crippen molar-refractivity contribution in [2.45, 2.75) is 12.5 Å². The lowest BCUT2D eigenvalue weighted by molar-refractivity contribution is -0.138. The SMILES string of the molecule is O=C1NCCN(C(=O)c2ccc(Cl)cc2Cl)C1CC(=O)N1CCN(c2ccccc2)CC1. The van der Waals surface area contributed by atoms with Gasteiger partial charge in [0.05, 0.1) is 17.0 Å². The fraction of sp³-hybridized carbons (Fsp3) is 0.348. The number of carbonyl (C=O) groups excluding carboxylic acids is 3. The van der Waals surface area contributed by atoms with E-state index in [0.717, 1.165) is 18.8 Å². The first-order valence-corrected chi connectivity index (χ1v) is 11.3. The second-order valence-electron chi connectivity index (χ2n) is 7.84. The van der Waals surface area contributed by atoms with Crippen LogP contribution in [0, 0.1) is 0 Å². The number of benzene rings is 2. The van der Waals surface area contributed by atoms with Crippen LogP contribution in [0.5, 0.6) is 0 Å². The van der Waals surface area contributed by atoms with Crippen molar-refractivity contribution in [2.24, 2.45) is 0 Å². The van der Waals surface area contributed by atoms with Crippen molar-refractivity contribution in [1.82, 2.24) is 15.1 Å². The first kappa shape index (κ1) is 22.4. The minimum atomic E-state index is -0.873. The topological polar surface area (TPSA) is 73.0 Å². The molecule has 2 aromatic carbocycles. The summed E-state index contributed by atoms with van der Waals surface area (Å²) in [5.41, 5.74) is 1.39. The highest BCUT2D eigenvalue weighted by molar-refractivity contribution is 6.36. The van der Waals surface area contributed by atoms with Crippen LogP contribution in [0.4, 0.5) is 5.69 Å². The summed E-state index contributed by atoms with van der Waals surface area (Å²) >= 11 is 12.1. The molecule has 168 valence electrons. The summed E-state index contributed by atoms with van der Waals surface area (Å²) in [6.07, 6.45) is -0.0614. The van der Waals surface area contributed by atoms with E-state index in [9.17, 15) is 14.4 Å². The van der Waals surface area contributed by atoms with Crippen molar-refractivity contribution in [3.05, 3.63) is 64.1 Å². The number of nitrogens with zero attached hydrogens (tertiary/aromatic N) is 3. The molecule has 2 aromatic rings. The lowest BCUT2D eigenvalue weighted by Crippen LogP contribution is -2.59. The molecule has 2 heterocycles. The van der Waals surface area contributed by atoms with E-state index in [4.69, 9.17) is 23.2 Å². The third kappa shape index (κ3) is 4.84. The molecule has 1 N–H and O–H groups in total. The fourth-order valence-electron chi connectivity index (χ4n) is 4.13. The Bertz CT molecular complexity index is 1010. The molecule has 1 unspecified atom stereocenters. The highest BCUT2D eigenvalue weighted by Gasteiger charge is 2.37. The summed E-state index contributed by atoms with van der Waals surface area (Å²) in [5, 5.41) is 3.40. The Labute approximate surface area is 196 Å². The Balaban J connectivity index is 1.42. The molecule has 1 atom stereocenters. The third-order valence-corrected chi connectivity index (χ3v) is 6.42. The highest BCUT2D eigenvalue weighted by Crippen LogP contribution is 2.24. The van der Waals surface area contributed by atoms with Gasteiger partial charge < -0.3 is 20.0 Å². The average molecular weight is 475 g/mol. The van der Waals surface area contributed by atoms with Gasteiger partial charge in [-0.2, -0.15) is 0 Å². The second kappa shape index (κ2) is 9.79. The van der Waals surface area contributed by atoms with Crippen LogP contribution >= 0.6 is 23.2 Å². The second-order valence-corrected chi connectivity index (χ2v) is 8.68. The first-order valence-electron chi connectivity index (χ1n) is 10.6. The molecule has 0 saturated carbocycles. The molecular formula is C23H24Cl2N4O3. The lowest BCUT2D eigenvalue weighted by atomic mass is 10.0. The highest BCUT2D eigenvalue weighted by atomic mass is 35.5. The Morgan fingerprint density at radius 1 is 0.969 bits per heavy atom. The van der Waals surface area contributed by atoms with Gasteiger partial charge in [0.25, 0.3) is 5.91 Å². The van der Waals surface area contributed by atoms with Crippen LogP contribution in [-0.2, 0) is 9.59 Å². The van der Waals surface area contributed by atoms with Crippen molar-refractivity contribution in [3.63, 3.8) is 0 Å². The summed E-state index contributed by atoms with van der Waals surface area (Å²) < 4.78 is 0. The Kier molecular flexibility index (Phi) is 6.86. The van der Waals surface area contributed by atoms with Gasteiger partial charge >= 0.3 is 0 Å². The minimum Gasteiger partial charge on any atom is -0.368 e. The molecule has 0 aliphatic carbocycles. The lowest BCUT2D eigenvalue weighted by Gasteiger charge is -2.39. The monoisotopic (exact) mass is 474 g/mol. The van der Waals surface area contributed by atoms with Gasteiger partial charge in [0.1, 0.15) is 6.04 Å². The van der Waals surface area contributed by atoms with Gasteiger partial charge in [-0.15, -0.1) is 0 Å². The number of amides is 3. The molecule has 2 saturated heterocycles. The third-order valence-electron chi connectivity index (χ3n) is 5.87. The number of hydrogen-bond acceptors (Lipinski definition) is 4. The van der Waals surface area contributed by atoms with Gasteiger partial charge in [-0.05, 0) is 30.3 Å². The molecule has 3 amide bonds. The Morgan fingerprint density at radius 2 is 1.69 bits per heavy atom. The van der Waals surface area contributed by atoms with E-state index in [0.29, 0.717) is 31.2 Å². The molecule has 2 fully saturated rings. The maximum absolute atomic E-state index is 13.1. The summed E-state index contributed by atoms with van der Waals surface area (Å²) in [6, 6.07) is 13.8. The summed E-state index contributed by atoms with van der Waals surface area (Å²) in [4.78, 5) is 44.2. The zero-order chi connectivity index (χ0) is 22.7.